The molecule has 1 fully saturated rings. The normalized spacial score (nSPS) is 16.9. The van der Waals surface area contributed by atoms with Crippen molar-refractivity contribution >= 4 is 21.8 Å². The number of nitrogens with one attached hydrogen (secondary N) is 1. The Labute approximate surface area is 142 Å². The van der Waals surface area contributed by atoms with Gasteiger partial charge in [0.05, 0.1) is 0 Å². The fraction of sp³-hybridized carbons (Fsp3) is 0.611. The summed E-state index contributed by atoms with van der Waals surface area (Å²) in [6, 6.07) is 8.16. The summed E-state index contributed by atoms with van der Waals surface area (Å²) >= 11 is 3.44. The highest BCUT2D eigenvalue weighted by Gasteiger charge is 2.22. The second-order valence-corrected chi connectivity index (χ2v) is 7.26. The lowest BCUT2D eigenvalue weighted by Gasteiger charge is -2.27. The second-order valence-electron chi connectivity index (χ2n) is 6.47. The number of nitrogens with zero attached hydrogens (tertiary/aromatic N) is 1. The maximum atomic E-state index is 12.5. The number of aryl methyl sites for hydroxylation is 1. The first-order valence-corrected chi connectivity index (χ1v) is 9.40. The molecule has 1 aromatic rings. The van der Waals surface area contributed by atoms with Gasteiger partial charge in [0.25, 0.3) is 5.91 Å². The molecule has 1 aliphatic heterocycles. The molecule has 3 nitrogen and oxygen atoms in total. The second kappa shape index (κ2) is 8.68. The van der Waals surface area contributed by atoms with Gasteiger partial charge in [-0.1, -0.05) is 41.9 Å². The Bertz CT molecular complexity index is 466. The number of benzene rings is 1. The Balaban J connectivity index is 1.94. The van der Waals surface area contributed by atoms with Crippen molar-refractivity contribution in [2.75, 3.05) is 25.0 Å². The molecule has 1 amide bonds. The monoisotopic (exact) mass is 366 g/mol. The van der Waals surface area contributed by atoms with E-state index in [-0.39, 0.29) is 11.9 Å². The van der Waals surface area contributed by atoms with Gasteiger partial charge >= 0.3 is 0 Å². The predicted molar refractivity (Wildman–Crippen MR) is 95.7 cm³/mol. The minimum absolute atomic E-state index is 0.0447. The van der Waals surface area contributed by atoms with Crippen LogP contribution in [0.3, 0.4) is 0 Å². The topological polar surface area (TPSA) is 32.3 Å². The molecule has 1 saturated heterocycles. The zero-order chi connectivity index (χ0) is 15.9. The Morgan fingerprint density at radius 3 is 2.41 bits per heavy atom. The molecule has 1 N–H and O–H groups in total. The van der Waals surface area contributed by atoms with Crippen LogP contribution < -0.4 is 5.32 Å². The van der Waals surface area contributed by atoms with Crippen molar-refractivity contribution in [1.82, 2.24) is 10.2 Å². The van der Waals surface area contributed by atoms with Crippen LogP contribution in [0.5, 0.6) is 0 Å². The SMILES string of the molecule is CC(C)C(CN1CCCC1)NC(=O)c1ccc(CCBr)cc1. The quantitative estimate of drug-likeness (QED) is 0.749. The number of halogens is 1. The lowest BCUT2D eigenvalue weighted by Crippen LogP contribution is -2.46. The van der Waals surface area contributed by atoms with Crippen LogP contribution in [-0.2, 0) is 6.42 Å². The zero-order valence-electron chi connectivity index (χ0n) is 13.6. The molecular weight excluding hydrogens is 340 g/mol. The van der Waals surface area contributed by atoms with Gasteiger partial charge in [-0.25, -0.2) is 0 Å². The largest absolute Gasteiger partial charge is 0.348 e. The summed E-state index contributed by atoms with van der Waals surface area (Å²) in [5.74, 6) is 0.487. The van der Waals surface area contributed by atoms with Gasteiger partial charge in [0.1, 0.15) is 0 Å². The minimum Gasteiger partial charge on any atom is -0.348 e. The molecule has 0 aromatic heterocycles. The number of hydrogen-bond donors (Lipinski definition) is 1. The van der Waals surface area contributed by atoms with E-state index in [0.29, 0.717) is 5.92 Å². The molecule has 1 heterocycles. The van der Waals surface area contributed by atoms with Crippen LogP contribution in [0.2, 0.25) is 0 Å². The fourth-order valence-corrected chi connectivity index (χ4v) is 3.31. The first-order valence-electron chi connectivity index (χ1n) is 8.28. The average Bonchev–Trinajstić information content (AvgIpc) is 3.00. The molecule has 0 spiro atoms. The van der Waals surface area contributed by atoms with E-state index in [9.17, 15) is 4.79 Å². The zero-order valence-corrected chi connectivity index (χ0v) is 15.2. The number of hydrogen-bond acceptors (Lipinski definition) is 2. The third-order valence-electron chi connectivity index (χ3n) is 4.37. The van der Waals surface area contributed by atoms with Crippen molar-refractivity contribution in [3.63, 3.8) is 0 Å². The first kappa shape index (κ1) is 17.5. The molecule has 1 atom stereocenters. The first-order chi connectivity index (χ1) is 10.6. The van der Waals surface area contributed by atoms with Crippen LogP contribution in [-0.4, -0.2) is 41.8 Å². The van der Waals surface area contributed by atoms with Gasteiger partial charge < -0.3 is 10.2 Å². The molecule has 0 aliphatic carbocycles. The Morgan fingerprint density at radius 2 is 1.86 bits per heavy atom. The van der Waals surface area contributed by atoms with Crippen LogP contribution in [0.1, 0.15) is 42.6 Å². The van der Waals surface area contributed by atoms with Gasteiger partial charge in [0.15, 0.2) is 0 Å². The Hall–Kier alpha value is -0.870. The third-order valence-corrected chi connectivity index (χ3v) is 4.77. The van der Waals surface area contributed by atoms with Crippen molar-refractivity contribution in [3.05, 3.63) is 35.4 Å². The smallest absolute Gasteiger partial charge is 0.251 e. The van der Waals surface area contributed by atoms with Crippen LogP contribution in [0.4, 0.5) is 0 Å². The molecule has 4 heteroatoms. The number of alkyl halides is 1. The van der Waals surface area contributed by atoms with Crippen molar-refractivity contribution in [2.24, 2.45) is 5.92 Å². The van der Waals surface area contributed by atoms with Gasteiger partial charge in [0.2, 0.25) is 0 Å². The lowest BCUT2D eigenvalue weighted by atomic mass is 10.0. The van der Waals surface area contributed by atoms with Crippen LogP contribution in [0, 0.1) is 5.92 Å². The molecule has 0 radical (unpaired) electrons. The maximum absolute atomic E-state index is 12.5. The van der Waals surface area contributed by atoms with Gasteiger partial charge in [0, 0.05) is 23.5 Å². The standard InChI is InChI=1S/C18H27BrN2O/c1-14(2)17(13-21-11-3-4-12-21)20-18(22)16-7-5-15(6-8-16)9-10-19/h5-8,14,17H,3-4,9-13H2,1-2H3,(H,20,22). The summed E-state index contributed by atoms with van der Waals surface area (Å²) < 4.78 is 0. The molecule has 1 unspecified atom stereocenters. The van der Waals surface area contributed by atoms with E-state index in [2.05, 4.69) is 40.0 Å². The van der Waals surface area contributed by atoms with Gasteiger partial charge in [-0.3, -0.25) is 4.79 Å². The van der Waals surface area contributed by atoms with Gasteiger partial charge in [-0.2, -0.15) is 0 Å². The number of rotatable bonds is 7. The highest BCUT2D eigenvalue weighted by atomic mass is 79.9. The number of likely N-dealkylation sites (tertiary alicyclic amines) is 1. The Morgan fingerprint density at radius 1 is 1.23 bits per heavy atom. The van der Waals surface area contributed by atoms with Crippen molar-refractivity contribution in [2.45, 2.75) is 39.2 Å². The molecule has 1 aliphatic rings. The minimum atomic E-state index is 0.0447. The van der Waals surface area contributed by atoms with Crippen molar-refractivity contribution < 1.29 is 4.79 Å². The summed E-state index contributed by atoms with van der Waals surface area (Å²) in [6.45, 7) is 7.66. The highest BCUT2D eigenvalue weighted by molar-refractivity contribution is 9.09. The number of carbonyl (C=O) groups excluding carboxylic acids is 1. The maximum Gasteiger partial charge on any atom is 0.251 e. The van der Waals surface area contributed by atoms with E-state index in [1.807, 2.05) is 24.3 Å². The molecular formula is C18H27BrN2O. The van der Waals surface area contributed by atoms with Crippen LogP contribution in [0.25, 0.3) is 0 Å². The van der Waals surface area contributed by atoms with Gasteiger partial charge in [-0.15, -0.1) is 0 Å². The third kappa shape index (κ3) is 5.10. The summed E-state index contributed by atoms with van der Waals surface area (Å²) in [5, 5.41) is 4.17. The summed E-state index contributed by atoms with van der Waals surface area (Å²) in [6.07, 6.45) is 3.56. The molecule has 0 saturated carbocycles. The number of carbonyl (C=O) groups is 1. The molecule has 0 bridgehead atoms. The van der Waals surface area contributed by atoms with E-state index >= 15 is 0 Å². The Kier molecular flexibility index (Phi) is 6.90. The van der Waals surface area contributed by atoms with Crippen LogP contribution in [0.15, 0.2) is 24.3 Å². The predicted octanol–water partition coefficient (Wildman–Crippen LogP) is 3.47. The summed E-state index contributed by atoms with van der Waals surface area (Å²) in [5.41, 5.74) is 2.01. The average molecular weight is 367 g/mol. The fourth-order valence-electron chi connectivity index (χ4n) is 2.85. The molecule has 122 valence electrons. The highest BCUT2D eigenvalue weighted by Crippen LogP contribution is 2.13. The van der Waals surface area contributed by atoms with E-state index in [4.69, 9.17) is 0 Å². The summed E-state index contributed by atoms with van der Waals surface area (Å²) in [7, 11) is 0. The molecule has 22 heavy (non-hydrogen) atoms. The van der Waals surface area contributed by atoms with Crippen molar-refractivity contribution in [1.29, 1.82) is 0 Å². The summed E-state index contributed by atoms with van der Waals surface area (Å²) in [4.78, 5) is 14.9. The van der Waals surface area contributed by atoms with E-state index < -0.39 is 0 Å². The lowest BCUT2D eigenvalue weighted by molar-refractivity contribution is 0.0913. The van der Waals surface area contributed by atoms with Crippen molar-refractivity contribution in [3.8, 4) is 0 Å². The molecule has 2 rings (SSSR count). The van der Waals surface area contributed by atoms with E-state index in [0.717, 1.165) is 23.9 Å². The molecule has 1 aromatic carbocycles. The number of amides is 1. The van der Waals surface area contributed by atoms with E-state index in [1.165, 1.54) is 31.5 Å². The van der Waals surface area contributed by atoms with Crippen LogP contribution >= 0.6 is 15.9 Å². The van der Waals surface area contributed by atoms with E-state index in [1.54, 1.807) is 0 Å². The van der Waals surface area contributed by atoms with Gasteiger partial charge in [-0.05, 0) is 56.0 Å².